The van der Waals surface area contributed by atoms with Crippen LogP contribution >= 0.6 is 0 Å². The number of hydrogen-bond donors (Lipinski definition) is 0. The molecule has 0 saturated heterocycles. The molecule has 0 N–H and O–H groups in total. The van der Waals surface area contributed by atoms with E-state index in [0.717, 1.165) is 21.0 Å². The summed E-state index contributed by atoms with van der Waals surface area (Å²) < 4.78 is 82.5. The summed E-state index contributed by atoms with van der Waals surface area (Å²) >= 11 is 0. The van der Waals surface area contributed by atoms with Gasteiger partial charge in [-0.25, -0.2) is 17.7 Å². The van der Waals surface area contributed by atoms with Gasteiger partial charge in [-0.15, -0.1) is 13.2 Å². The summed E-state index contributed by atoms with van der Waals surface area (Å²) in [4.78, 5) is 24.3. The van der Waals surface area contributed by atoms with Crippen LogP contribution in [0.25, 0.3) is 11.3 Å². The van der Waals surface area contributed by atoms with Crippen LogP contribution in [0.4, 0.5) is 19.1 Å². The summed E-state index contributed by atoms with van der Waals surface area (Å²) in [6, 6.07) is 12.2. The van der Waals surface area contributed by atoms with Crippen molar-refractivity contribution in [3.05, 3.63) is 65.2 Å². The van der Waals surface area contributed by atoms with E-state index in [0.29, 0.717) is 12.1 Å². The predicted octanol–water partition coefficient (Wildman–Crippen LogP) is 5.74. The fourth-order valence-electron chi connectivity index (χ4n) is 5.26. The summed E-state index contributed by atoms with van der Waals surface area (Å²) in [5.41, 5.74) is 3.03. The highest BCUT2D eigenvalue weighted by Crippen LogP contribution is 2.32. The molecule has 2 aromatic carbocycles. The summed E-state index contributed by atoms with van der Waals surface area (Å²) in [6.45, 7) is 6.48. The van der Waals surface area contributed by atoms with E-state index in [1.54, 1.807) is 6.07 Å². The molecular formula is C31H37F3N4O6S. The molecule has 3 aromatic rings. The molecule has 45 heavy (non-hydrogen) atoms. The summed E-state index contributed by atoms with van der Waals surface area (Å²) in [7, 11) is -3.05. The molecule has 10 nitrogen and oxygen atoms in total. The molecule has 14 heteroatoms. The molecule has 4 bridgehead atoms. The van der Waals surface area contributed by atoms with E-state index in [2.05, 4.69) is 14.7 Å². The highest BCUT2D eigenvalue weighted by Gasteiger charge is 2.33. The average Bonchev–Trinajstić information content (AvgIpc) is 2.96. The van der Waals surface area contributed by atoms with Crippen molar-refractivity contribution in [2.45, 2.75) is 57.8 Å². The first-order valence-electron chi connectivity index (χ1n) is 14.4. The molecule has 1 amide bonds. The third kappa shape index (κ3) is 8.30. The van der Waals surface area contributed by atoms with Gasteiger partial charge in [0.2, 0.25) is 11.8 Å². The standard InChI is InChI=1S/C31H37F3N4O6S/c1-20(2)15-24-18-43-27-17-26(28-21(3)9-6-10-22(28)4)35-30(36-27)38(19-42-5)45(40,41)25-12-7-11-23(16-25)29(39)37(24)13-8-14-44-31(32,33)34/h6-7,9-12,16-17,20,24H,8,13-15,18-19H2,1-5H3/t24-/m1/s1. The van der Waals surface area contributed by atoms with E-state index >= 15 is 0 Å². The maximum absolute atomic E-state index is 14.1. The lowest BCUT2D eigenvalue weighted by Crippen LogP contribution is -2.45. The van der Waals surface area contributed by atoms with Crippen LogP contribution in [-0.2, 0) is 19.5 Å². The largest absolute Gasteiger partial charge is 0.522 e. The quantitative estimate of drug-likeness (QED) is 0.270. The Balaban J connectivity index is 1.90. The maximum Gasteiger partial charge on any atom is 0.522 e. The smallest absolute Gasteiger partial charge is 0.475 e. The monoisotopic (exact) mass is 650 g/mol. The number of halogens is 3. The lowest BCUT2D eigenvalue weighted by molar-refractivity contribution is -0.324. The van der Waals surface area contributed by atoms with Gasteiger partial charge in [-0.1, -0.05) is 38.1 Å². The number of aromatic nitrogens is 2. The molecule has 0 saturated carbocycles. The van der Waals surface area contributed by atoms with Gasteiger partial charge in [0.1, 0.15) is 13.3 Å². The first-order chi connectivity index (χ1) is 21.2. The third-order valence-corrected chi connectivity index (χ3v) is 8.94. The fraction of sp³-hybridized carbons (Fsp3) is 0.452. The van der Waals surface area contributed by atoms with Crippen LogP contribution in [0.15, 0.2) is 53.4 Å². The Labute approximate surface area is 261 Å². The number of aryl methyl sites for hydroxylation is 2. The number of ether oxygens (including phenoxy) is 3. The van der Waals surface area contributed by atoms with Gasteiger partial charge in [0.05, 0.1) is 23.2 Å². The molecule has 1 aromatic heterocycles. The molecule has 0 unspecified atom stereocenters. The van der Waals surface area contributed by atoms with Crippen molar-refractivity contribution in [1.29, 1.82) is 0 Å². The Morgan fingerprint density at radius 3 is 2.40 bits per heavy atom. The van der Waals surface area contributed by atoms with Crippen LogP contribution in [0, 0.1) is 19.8 Å². The molecule has 244 valence electrons. The summed E-state index contributed by atoms with van der Waals surface area (Å²) in [5, 5.41) is 0. The third-order valence-electron chi connectivity index (χ3n) is 7.24. The van der Waals surface area contributed by atoms with Gasteiger partial charge >= 0.3 is 6.36 Å². The molecule has 0 radical (unpaired) electrons. The molecule has 0 fully saturated rings. The Morgan fingerprint density at radius 2 is 1.76 bits per heavy atom. The number of carbonyl (C=O) groups excluding carboxylic acids is 1. The summed E-state index contributed by atoms with van der Waals surface area (Å²) in [6.07, 6.45) is -4.48. The van der Waals surface area contributed by atoms with E-state index in [4.69, 9.17) is 9.47 Å². The van der Waals surface area contributed by atoms with Crippen LogP contribution in [-0.4, -0.2) is 75.2 Å². The zero-order valence-electron chi connectivity index (χ0n) is 25.8. The van der Waals surface area contributed by atoms with Crippen LogP contribution in [0.3, 0.4) is 0 Å². The van der Waals surface area contributed by atoms with Gasteiger partial charge in [0, 0.05) is 30.8 Å². The van der Waals surface area contributed by atoms with Gasteiger partial charge < -0.3 is 14.4 Å². The van der Waals surface area contributed by atoms with Crippen molar-refractivity contribution < 1.29 is 40.6 Å². The molecule has 0 aliphatic carbocycles. The SMILES string of the molecule is COCN1c2nc(cc(-c3c(C)cccc3C)n2)OC[C@@H](CC(C)C)N(CCCOC(F)(F)F)C(=O)c2cccc(c2)S1(=O)=O. The van der Waals surface area contributed by atoms with Crippen molar-refractivity contribution in [1.82, 2.24) is 14.9 Å². The summed E-state index contributed by atoms with van der Waals surface area (Å²) in [5.74, 6) is -0.614. The molecule has 1 atom stereocenters. The Kier molecular flexibility index (Phi) is 10.7. The highest BCUT2D eigenvalue weighted by molar-refractivity contribution is 7.92. The minimum atomic E-state index is -4.81. The minimum absolute atomic E-state index is 0.0436. The number of carbonyl (C=O) groups is 1. The topological polar surface area (TPSA) is 111 Å². The fourth-order valence-corrected chi connectivity index (χ4v) is 6.58. The number of nitrogens with zero attached hydrogens (tertiary/aromatic N) is 4. The molecule has 4 rings (SSSR count). The number of fused-ring (bicyclic) bond motifs is 4. The van der Waals surface area contributed by atoms with E-state index in [9.17, 15) is 26.4 Å². The number of rotatable bonds is 9. The number of methoxy groups -OCH3 is 1. The van der Waals surface area contributed by atoms with Crippen molar-refractivity contribution in [2.75, 3.05) is 37.9 Å². The van der Waals surface area contributed by atoms with Crippen LogP contribution in [0.2, 0.25) is 0 Å². The zero-order valence-corrected chi connectivity index (χ0v) is 26.6. The van der Waals surface area contributed by atoms with Gasteiger partial charge in [0.25, 0.3) is 15.9 Å². The highest BCUT2D eigenvalue weighted by atomic mass is 32.2. The first kappa shape index (κ1) is 34.1. The van der Waals surface area contributed by atoms with Crippen LogP contribution in [0.5, 0.6) is 5.88 Å². The number of amides is 1. The lowest BCUT2D eigenvalue weighted by atomic mass is 10.00. The number of sulfonamides is 1. The van der Waals surface area contributed by atoms with Gasteiger partial charge in [-0.05, 0) is 61.9 Å². The Morgan fingerprint density at radius 1 is 1.07 bits per heavy atom. The van der Waals surface area contributed by atoms with Gasteiger partial charge in [0.15, 0.2) is 0 Å². The molecule has 1 aliphatic heterocycles. The molecular weight excluding hydrogens is 613 g/mol. The molecule has 0 spiro atoms. The average molecular weight is 651 g/mol. The van der Waals surface area contributed by atoms with Crippen molar-refractivity contribution in [2.24, 2.45) is 5.92 Å². The van der Waals surface area contributed by atoms with Gasteiger partial charge in [-0.3, -0.25) is 9.53 Å². The molecule has 1 aliphatic rings. The first-order valence-corrected chi connectivity index (χ1v) is 15.9. The number of hydrogen-bond acceptors (Lipinski definition) is 8. The van der Waals surface area contributed by atoms with Crippen molar-refractivity contribution in [3.8, 4) is 17.1 Å². The van der Waals surface area contributed by atoms with E-state index in [1.807, 2.05) is 45.9 Å². The maximum atomic E-state index is 14.1. The lowest BCUT2D eigenvalue weighted by Gasteiger charge is -2.33. The number of anilines is 1. The second-order valence-electron chi connectivity index (χ2n) is 11.2. The van der Waals surface area contributed by atoms with Crippen LogP contribution in [0.1, 0.15) is 48.2 Å². The Bertz CT molecular complexity index is 1600. The second kappa shape index (κ2) is 14.1. The number of benzene rings is 2. The number of alkyl halides is 3. The second-order valence-corrected chi connectivity index (χ2v) is 13.1. The zero-order chi connectivity index (χ0) is 32.9. The molecule has 2 heterocycles. The predicted molar refractivity (Wildman–Crippen MR) is 161 cm³/mol. The van der Waals surface area contributed by atoms with E-state index in [-0.39, 0.29) is 47.8 Å². The van der Waals surface area contributed by atoms with Crippen molar-refractivity contribution in [3.63, 3.8) is 0 Å². The Hall–Kier alpha value is -3.75. The van der Waals surface area contributed by atoms with E-state index < -0.39 is 41.7 Å². The van der Waals surface area contributed by atoms with E-state index in [1.165, 1.54) is 36.3 Å². The van der Waals surface area contributed by atoms with Crippen LogP contribution < -0.4 is 9.04 Å². The van der Waals surface area contributed by atoms with Gasteiger partial charge in [-0.2, -0.15) is 4.98 Å². The van der Waals surface area contributed by atoms with Crippen molar-refractivity contribution >= 4 is 21.9 Å². The minimum Gasteiger partial charge on any atom is -0.475 e. The normalized spacial score (nSPS) is 17.0.